The molecule has 0 atom stereocenters. The molecule has 0 unspecified atom stereocenters. The quantitative estimate of drug-likeness (QED) is 0.821. The first kappa shape index (κ1) is 11.1. The zero-order valence-electron chi connectivity index (χ0n) is 9.64. The van der Waals surface area contributed by atoms with Gasteiger partial charge in [0.15, 0.2) is 0 Å². The number of methoxy groups -OCH3 is 1. The summed E-state index contributed by atoms with van der Waals surface area (Å²) in [4.78, 5) is 8.31. The zero-order chi connectivity index (χ0) is 11.5. The lowest BCUT2D eigenvalue weighted by Gasteiger charge is -2.34. The van der Waals surface area contributed by atoms with E-state index < -0.39 is 0 Å². The van der Waals surface area contributed by atoms with Crippen molar-refractivity contribution in [3.05, 3.63) is 11.9 Å². The van der Waals surface area contributed by atoms with Gasteiger partial charge in [0.1, 0.15) is 11.9 Å². The predicted molar refractivity (Wildman–Crippen MR) is 59.5 cm³/mol. The van der Waals surface area contributed by atoms with Crippen LogP contribution < -0.4 is 15.2 Å². The van der Waals surface area contributed by atoms with Gasteiger partial charge in [0.25, 0.3) is 0 Å². The largest absolute Gasteiger partial charge is 0.481 e. The van der Waals surface area contributed by atoms with Gasteiger partial charge in [-0.25, -0.2) is 0 Å². The Kier molecular flexibility index (Phi) is 3.24. The lowest BCUT2D eigenvalue weighted by atomic mass is 9.82. The van der Waals surface area contributed by atoms with Crippen LogP contribution in [0.15, 0.2) is 6.07 Å². The number of nitrogens with zero attached hydrogens (tertiary/aromatic N) is 2. The van der Waals surface area contributed by atoms with Crippen molar-refractivity contribution in [1.29, 1.82) is 0 Å². The van der Waals surface area contributed by atoms with E-state index in [-0.39, 0.29) is 6.10 Å². The minimum Gasteiger partial charge on any atom is -0.481 e. The molecule has 0 amide bonds. The smallest absolute Gasteiger partial charge is 0.220 e. The van der Waals surface area contributed by atoms with Crippen molar-refractivity contribution >= 4 is 0 Å². The fourth-order valence-electron chi connectivity index (χ4n) is 1.81. The molecule has 0 bridgehead atoms. The molecule has 0 spiro atoms. The highest BCUT2D eigenvalue weighted by Gasteiger charge is 2.30. The summed E-state index contributed by atoms with van der Waals surface area (Å²) in [6, 6.07) is 1.71. The van der Waals surface area contributed by atoms with Gasteiger partial charge in [0.2, 0.25) is 11.8 Å². The van der Waals surface area contributed by atoms with Gasteiger partial charge in [-0.05, 0) is 32.2 Å². The first-order valence-corrected chi connectivity index (χ1v) is 5.47. The topological polar surface area (TPSA) is 70.3 Å². The molecule has 5 heteroatoms. The highest BCUT2D eigenvalue weighted by Crippen LogP contribution is 2.30. The van der Waals surface area contributed by atoms with Crippen LogP contribution in [0.2, 0.25) is 0 Å². The van der Waals surface area contributed by atoms with Gasteiger partial charge < -0.3 is 15.2 Å². The molecule has 1 aromatic rings. The van der Waals surface area contributed by atoms with Crippen LogP contribution in [-0.2, 0) is 0 Å². The molecule has 0 saturated heterocycles. The molecule has 0 aromatic carbocycles. The first-order chi connectivity index (χ1) is 7.71. The van der Waals surface area contributed by atoms with E-state index in [2.05, 4.69) is 9.97 Å². The minimum atomic E-state index is 0.243. The van der Waals surface area contributed by atoms with E-state index >= 15 is 0 Å². The van der Waals surface area contributed by atoms with Crippen LogP contribution in [0, 0.1) is 12.8 Å². The Hall–Kier alpha value is -1.36. The summed E-state index contributed by atoms with van der Waals surface area (Å²) in [5, 5.41) is 0. The van der Waals surface area contributed by atoms with Crippen LogP contribution in [0.25, 0.3) is 0 Å². The van der Waals surface area contributed by atoms with Crippen LogP contribution in [0.3, 0.4) is 0 Å². The summed E-state index contributed by atoms with van der Waals surface area (Å²) >= 11 is 0. The van der Waals surface area contributed by atoms with Crippen LogP contribution in [0.5, 0.6) is 11.8 Å². The third-order valence-electron chi connectivity index (χ3n) is 2.81. The van der Waals surface area contributed by atoms with E-state index in [1.807, 2.05) is 6.92 Å². The van der Waals surface area contributed by atoms with Gasteiger partial charge in [0.05, 0.1) is 13.2 Å². The lowest BCUT2D eigenvalue weighted by Crippen LogP contribution is -2.37. The fraction of sp³-hybridized carbons (Fsp3) is 0.636. The maximum Gasteiger partial charge on any atom is 0.220 e. The highest BCUT2D eigenvalue weighted by molar-refractivity contribution is 5.21. The molecule has 1 aliphatic rings. The highest BCUT2D eigenvalue weighted by atomic mass is 16.5. The van der Waals surface area contributed by atoms with Gasteiger partial charge in [-0.2, -0.15) is 9.97 Å². The minimum absolute atomic E-state index is 0.243. The summed E-state index contributed by atoms with van der Waals surface area (Å²) in [6.07, 6.45) is 2.27. The summed E-state index contributed by atoms with van der Waals surface area (Å²) < 4.78 is 10.8. The molecule has 1 fully saturated rings. The Morgan fingerprint density at radius 3 is 2.69 bits per heavy atom. The van der Waals surface area contributed by atoms with E-state index in [1.54, 1.807) is 13.2 Å². The number of aromatic nitrogens is 2. The lowest BCUT2D eigenvalue weighted by molar-refractivity contribution is 0.0643. The fourth-order valence-corrected chi connectivity index (χ4v) is 1.81. The second kappa shape index (κ2) is 4.65. The molecule has 2 N–H and O–H groups in total. The molecule has 2 rings (SSSR count). The van der Waals surface area contributed by atoms with Crippen molar-refractivity contribution < 1.29 is 9.47 Å². The predicted octanol–water partition coefficient (Wildman–Crippen LogP) is 0.910. The average molecular weight is 223 g/mol. The number of ether oxygens (including phenoxy) is 2. The van der Waals surface area contributed by atoms with E-state index in [1.165, 1.54) is 0 Å². The Morgan fingerprint density at radius 2 is 2.06 bits per heavy atom. The van der Waals surface area contributed by atoms with Gasteiger partial charge in [-0.15, -0.1) is 0 Å². The van der Waals surface area contributed by atoms with Gasteiger partial charge in [0, 0.05) is 0 Å². The first-order valence-electron chi connectivity index (χ1n) is 5.47. The molecular formula is C11H17N3O2. The van der Waals surface area contributed by atoms with E-state index in [0.717, 1.165) is 19.4 Å². The number of hydrogen-bond acceptors (Lipinski definition) is 5. The monoisotopic (exact) mass is 223 g/mol. The van der Waals surface area contributed by atoms with Crippen molar-refractivity contribution in [3.63, 3.8) is 0 Å². The second-order valence-electron chi connectivity index (χ2n) is 4.11. The van der Waals surface area contributed by atoms with Crippen molar-refractivity contribution in [1.82, 2.24) is 9.97 Å². The van der Waals surface area contributed by atoms with E-state index in [0.29, 0.717) is 23.5 Å². The molecule has 0 radical (unpaired) electrons. The van der Waals surface area contributed by atoms with Crippen LogP contribution in [0.4, 0.5) is 0 Å². The molecule has 5 nitrogen and oxygen atoms in total. The summed E-state index contributed by atoms with van der Waals surface area (Å²) in [5.41, 5.74) is 5.56. The standard InChI is InChI=1S/C11H17N3O2/c1-7-13-10(15-2)5-11(14-7)16-9-3-8(4-9)6-12/h5,8-9H,3-4,6,12H2,1-2H3. The summed E-state index contributed by atoms with van der Waals surface area (Å²) in [7, 11) is 1.58. The van der Waals surface area contributed by atoms with Gasteiger partial charge in [-0.1, -0.05) is 0 Å². The average Bonchev–Trinajstić information content (AvgIpc) is 2.22. The number of hydrogen-bond donors (Lipinski definition) is 1. The Labute approximate surface area is 95.0 Å². The van der Waals surface area contributed by atoms with Crippen molar-refractivity contribution in [2.45, 2.75) is 25.9 Å². The Morgan fingerprint density at radius 1 is 1.38 bits per heavy atom. The van der Waals surface area contributed by atoms with E-state index in [4.69, 9.17) is 15.2 Å². The van der Waals surface area contributed by atoms with Gasteiger partial charge in [-0.3, -0.25) is 0 Å². The molecule has 88 valence electrons. The maximum atomic E-state index is 5.72. The van der Waals surface area contributed by atoms with E-state index in [9.17, 15) is 0 Å². The third kappa shape index (κ3) is 2.41. The molecule has 16 heavy (non-hydrogen) atoms. The molecule has 0 aliphatic heterocycles. The molecule has 1 saturated carbocycles. The van der Waals surface area contributed by atoms with Crippen LogP contribution >= 0.6 is 0 Å². The zero-order valence-corrected chi connectivity index (χ0v) is 9.64. The Bertz CT molecular complexity index is 364. The SMILES string of the molecule is COc1cc(OC2CC(CN)C2)nc(C)n1. The maximum absolute atomic E-state index is 5.72. The number of rotatable bonds is 4. The molecule has 1 aliphatic carbocycles. The normalized spacial score (nSPS) is 23.7. The third-order valence-corrected chi connectivity index (χ3v) is 2.81. The van der Waals surface area contributed by atoms with Crippen molar-refractivity contribution in [3.8, 4) is 11.8 Å². The van der Waals surface area contributed by atoms with Crippen molar-refractivity contribution in [2.24, 2.45) is 11.7 Å². The number of aryl methyl sites for hydroxylation is 1. The molecular weight excluding hydrogens is 206 g/mol. The molecule has 1 heterocycles. The second-order valence-corrected chi connectivity index (χ2v) is 4.11. The summed E-state index contributed by atoms with van der Waals surface area (Å²) in [6.45, 7) is 2.56. The van der Waals surface area contributed by atoms with Crippen LogP contribution in [-0.4, -0.2) is 29.7 Å². The molecule has 1 aromatic heterocycles. The summed E-state index contributed by atoms with van der Waals surface area (Å²) in [5.74, 6) is 2.39. The van der Waals surface area contributed by atoms with Crippen LogP contribution in [0.1, 0.15) is 18.7 Å². The Balaban J connectivity index is 1.97. The van der Waals surface area contributed by atoms with Gasteiger partial charge >= 0.3 is 0 Å². The van der Waals surface area contributed by atoms with Crippen molar-refractivity contribution in [2.75, 3.05) is 13.7 Å². The number of nitrogens with two attached hydrogens (primary N) is 1.